The standard InChI is InChI=1S/C31H31F3N6O2/c32-31(33,34)19-40-26-13-7-5-11-24(26)27(21-8-2-1-3-9-21)37-28(29(40)41)35-20-38-16-14-23(15-17-38)39-18-22-10-4-6-12-25(22)36-30(39)42/h1-13,23,28,35H,14-20H2,(H,36,42)/t28-/m1/s1. The number of rotatable bonds is 6. The van der Waals surface area contributed by atoms with Crippen LogP contribution in [0.1, 0.15) is 29.5 Å². The van der Waals surface area contributed by atoms with Crippen LogP contribution in [0.5, 0.6) is 0 Å². The molecule has 0 radical (unpaired) electrons. The molecule has 1 saturated heterocycles. The molecule has 3 amide bonds. The zero-order chi connectivity index (χ0) is 29.3. The van der Waals surface area contributed by atoms with E-state index in [1.54, 1.807) is 18.2 Å². The van der Waals surface area contributed by atoms with Crippen molar-refractivity contribution in [2.24, 2.45) is 4.99 Å². The summed E-state index contributed by atoms with van der Waals surface area (Å²) in [6.07, 6.45) is -4.33. The monoisotopic (exact) mass is 576 g/mol. The van der Waals surface area contributed by atoms with Gasteiger partial charge in [-0.3, -0.25) is 24.9 Å². The quantitative estimate of drug-likeness (QED) is 0.441. The van der Waals surface area contributed by atoms with Crippen molar-refractivity contribution in [1.29, 1.82) is 0 Å². The van der Waals surface area contributed by atoms with Crippen LogP contribution in [0.4, 0.5) is 29.3 Å². The van der Waals surface area contributed by atoms with Crippen molar-refractivity contribution in [3.63, 3.8) is 0 Å². The number of alkyl halides is 3. The van der Waals surface area contributed by atoms with Crippen molar-refractivity contribution < 1.29 is 22.8 Å². The summed E-state index contributed by atoms with van der Waals surface area (Å²) in [5, 5.41) is 6.10. The van der Waals surface area contributed by atoms with Gasteiger partial charge >= 0.3 is 12.2 Å². The molecule has 0 spiro atoms. The van der Waals surface area contributed by atoms with Crippen LogP contribution in [0.2, 0.25) is 0 Å². The lowest BCUT2D eigenvalue weighted by atomic mass is 10.0. The molecule has 3 aromatic carbocycles. The van der Waals surface area contributed by atoms with Crippen LogP contribution in [-0.2, 0) is 11.3 Å². The summed E-state index contributed by atoms with van der Waals surface area (Å²) in [6.45, 7) is 0.719. The Balaban J connectivity index is 1.18. The third kappa shape index (κ3) is 5.88. The highest BCUT2D eigenvalue weighted by Crippen LogP contribution is 2.31. The highest BCUT2D eigenvalue weighted by Gasteiger charge is 2.40. The first-order chi connectivity index (χ1) is 20.3. The summed E-state index contributed by atoms with van der Waals surface area (Å²) in [4.78, 5) is 35.8. The summed E-state index contributed by atoms with van der Waals surface area (Å²) in [5.74, 6) is -0.760. The smallest absolute Gasteiger partial charge is 0.317 e. The van der Waals surface area contributed by atoms with Crippen molar-refractivity contribution in [3.8, 4) is 0 Å². The number of nitrogens with one attached hydrogen (secondary N) is 2. The van der Waals surface area contributed by atoms with E-state index in [0.717, 1.165) is 29.0 Å². The van der Waals surface area contributed by atoms with Gasteiger partial charge in [-0.05, 0) is 30.5 Å². The number of fused-ring (bicyclic) bond motifs is 2. The minimum absolute atomic E-state index is 0.0635. The molecular weight excluding hydrogens is 545 g/mol. The van der Waals surface area contributed by atoms with E-state index in [4.69, 9.17) is 4.99 Å². The number of para-hydroxylation sites is 2. The number of aliphatic imine (C=N–C) groups is 1. The van der Waals surface area contributed by atoms with Gasteiger partial charge < -0.3 is 10.2 Å². The Morgan fingerprint density at radius 2 is 1.60 bits per heavy atom. The molecule has 11 heteroatoms. The fraction of sp³-hybridized carbons (Fsp3) is 0.323. The zero-order valence-corrected chi connectivity index (χ0v) is 22.8. The molecule has 3 aliphatic heterocycles. The third-order valence-corrected chi connectivity index (χ3v) is 7.96. The number of hydrogen-bond acceptors (Lipinski definition) is 5. The van der Waals surface area contributed by atoms with Gasteiger partial charge in [-0.1, -0.05) is 66.7 Å². The lowest BCUT2D eigenvalue weighted by molar-refractivity contribution is -0.133. The first kappa shape index (κ1) is 27.9. The van der Waals surface area contributed by atoms with E-state index in [1.807, 2.05) is 59.5 Å². The van der Waals surface area contributed by atoms with Crippen LogP contribution in [0, 0.1) is 0 Å². The number of benzodiazepines with no additional fused rings is 1. The topological polar surface area (TPSA) is 80.3 Å². The van der Waals surface area contributed by atoms with Gasteiger partial charge in [0.2, 0.25) is 0 Å². The normalized spacial score (nSPS) is 20.0. The highest BCUT2D eigenvalue weighted by atomic mass is 19.4. The number of urea groups is 1. The molecule has 42 heavy (non-hydrogen) atoms. The Hall–Kier alpha value is -4.22. The molecule has 8 nitrogen and oxygen atoms in total. The number of anilines is 2. The van der Waals surface area contributed by atoms with Gasteiger partial charge in [-0.25, -0.2) is 4.79 Å². The van der Waals surface area contributed by atoms with Gasteiger partial charge in [0, 0.05) is 42.5 Å². The maximum absolute atomic E-state index is 13.7. The Bertz CT molecular complexity index is 1490. The van der Waals surface area contributed by atoms with Crippen LogP contribution in [0.3, 0.4) is 0 Å². The number of benzene rings is 3. The van der Waals surface area contributed by atoms with E-state index in [1.165, 1.54) is 6.07 Å². The Labute approximate surface area is 241 Å². The lowest BCUT2D eigenvalue weighted by Crippen LogP contribution is -2.54. The largest absolute Gasteiger partial charge is 0.406 e. The van der Waals surface area contributed by atoms with E-state index >= 15 is 0 Å². The number of nitrogens with zero attached hydrogens (tertiary/aromatic N) is 4. The molecule has 1 atom stereocenters. The van der Waals surface area contributed by atoms with E-state index in [-0.39, 0.29) is 24.4 Å². The Morgan fingerprint density at radius 1 is 0.905 bits per heavy atom. The molecule has 6 rings (SSSR count). The summed E-state index contributed by atoms with van der Waals surface area (Å²) in [5.41, 5.74) is 3.72. The predicted molar refractivity (Wildman–Crippen MR) is 154 cm³/mol. The van der Waals surface area contributed by atoms with Crippen LogP contribution in [0.25, 0.3) is 0 Å². The number of halogens is 3. The van der Waals surface area contributed by atoms with Crippen molar-refractivity contribution in [2.75, 3.05) is 36.5 Å². The van der Waals surface area contributed by atoms with Crippen LogP contribution in [0.15, 0.2) is 83.9 Å². The SMILES string of the molecule is O=C1[C@H](NCN2CCC(N3Cc4ccccc4NC3=O)CC2)N=C(c2ccccc2)c2ccccc2N1CC(F)(F)F. The molecule has 0 saturated carbocycles. The Morgan fingerprint density at radius 3 is 2.36 bits per heavy atom. The fourth-order valence-corrected chi connectivity index (χ4v) is 5.85. The molecule has 1 fully saturated rings. The van der Waals surface area contributed by atoms with Crippen LogP contribution < -0.4 is 15.5 Å². The number of carbonyl (C=O) groups is 2. The van der Waals surface area contributed by atoms with Crippen molar-refractivity contribution >= 4 is 29.0 Å². The first-order valence-electron chi connectivity index (χ1n) is 14.0. The van der Waals surface area contributed by atoms with Crippen LogP contribution in [-0.4, -0.2) is 72.1 Å². The Kier molecular flexibility index (Phi) is 7.70. The van der Waals surface area contributed by atoms with E-state index in [2.05, 4.69) is 15.5 Å². The maximum atomic E-state index is 13.7. The van der Waals surface area contributed by atoms with Crippen molar-refractivity contribution in [1.82, 2.24) is 15.1 Å². The first-order valence-corrected chi connectivity index (χ1v) is 14.0. The van der Waals surface area contributed by atoms with Crippen molar-refractivity contribution in [3.05, 3.63) is 95.6 Å². The van der Waals surface area contributed by atoms with Gasteiger partial charge in [0.15, 0.2) is 6.17 Å². The lowest BCUT2D eigenvalue weighted by Gasteiger charge is -2.40. The number of piperidine rings is 1. The molecule has 3 aliphatic rings. The maximum Gasteiger partial charge on any atom is 0.406 e. The molecular formula is C31H31F3N6O2. The third-order valence-electron chi connectivity index (χ3n) is 7.96. The van der Waals surface area contributed by atoms with Gasteiger partial charge in [0.05, 0.1) is 18.1 Å². The van der Waals surface area contributed by atoms with E-state index < -0.39 is 24.8 Å². The fourth-order valence-electron chi connectivity index (χ4n) is 5.85. The van der Waals surface area contributed by atoms with Gasteiger partial charge in [0.25, 0.3) is 5.91 Å². The zero-order valence-electron chi connectivity index (χ0n) is 22.8. The summed E-state index contributed by atoms with van der Waals surface area (Å²) < 4.78 is 41.0. The van der Waals surface area contributed by atoms with Gasteiger partial charge in [-0.2, -0.15) is 13.2 Å². The second-order valence-corrected chi connectivity index (χ2v) is 10.7. The summed E-state index contributed by atoms with van der Waals surface area (Å²) >= 11 is 0. The molecule has 218 valence electrons. The van der Waals surface area contributed by atoms with Crippen molar-refractivity contribution in [2.45, 2.75) is 37.8 Å². The number of amides is 3. The van der Waals surface area contributed by atoms with E-state index in [9.17, 15) is 22.8 Å². The molecule has 0 bridgehead atoms. The number of hydrogen-bond donors (Lipinski definition) is 2. The van der Waals surface area contributed by atoms with Gasteiger partial charge in [-0.15, -0.1) is 0 Å². The van der Waals surface area contributed by atoms with Crippen LogP contribution >= 0.6 is 0 Å². The minimum Gasteiger partial charge on any atom is -0.317 e. The second kappa shape index (κ2) is 11.6. The molecule has 2 N–H and O–H groups in total. The molecule has 3 aromatic rings. The molecule has 0 aliphatic carbocycles. The second-order valence-electron chi connectivity index (χ2n) is 10.7. The molecule has 0 unspecified atom stereocenters. The average molecular weight is 577 g/mol. The van der Waals surface area contributed by atoms with Gasteiger partial charge in [0.1, 0.15) is 6.54 Å². The average Bonchev–Trinajstić information content (AvgIpc) is 3.10. The summed E-state index contributed by atoms with van der Waals surface area (Å²) in [6, 6.07) is 23.4. The van der Waals surface area contributed by atoms with E-state index in [0.29, 0.717) is 36.5 Å². The predicted octanol–water partition coefficient (Wildman–Crippen LogP) is 4.82. The minimum atomic E-state index is -4.59. The number of carbonyl (C=O) groups excluding carboxylic acids is 2. The number of likely N-dealkylation sites (tertiary alicyclic amines) is 1. The molecule has 3 heterocycles. The summed E-state index contributed by atoms with van der Waals surface area (Å²) in [7, 11) is 0. The highest BCUT2D eigenvalue weighted by molar-refractivity contribution is 6.20. The molecule has 0 aromatic heterocycles.